The van der Waals surface area contributed by atoms with Crippen LogP contribution < -0.4 is 0 Å². The number of nitrogens with zero attached hydrogens (tertiary/aromatic N) is 4. The molecule has 161 valence electrons. The third kappa shape index (κ3) is 5.71. The maximum Gasteiger partial charge on any atom is 0.253 e. The molecule has 1 radical (unpaired) electrons. The number of carbonyl (C=O) groups excluding carboxylic acids is 1. The average Bonchev–Trinajstić information content (AvgIpc) is 3.19. The first-order valence-electron chi connectivity index (χ1n) is 10.1. The molecule has 2 aromatic carbocycles. The fourth-order valence-corrected chi connectivity index (χ4v) is 4.46. The van der Waals surface area contributed by atoms with Crippen molar-refractivity contribution >= 4 is 28.5 Å². The molecule has 0 saturated carbocycles. The minimum absolute atomic E-state index is 0. The van der Waals surface area contributed by atoms with Crippen molar-refractivity contribution in [2.75, 3.05) is 26.2 Å². The number of piperidine rings is 1. The summed E-state index contributed by atoms with van der Waals surface area (Å²) in [6.07, 6.45) is 2.25. The van der Waals surface area contributed by atoms with Crippen molar-refractivity contribution in [1.29, 1.82) is 0 Å². The van der Waals surface area contributed by atoms with Gasteiger partial charge in [0, 0.05) is 61.8 Å². The fraction of sp³-hybridized carbons (Fsp3) is 0.409. The standard InChI is InChI=1S/C14H16N5O.C8H9ClO.Y/c20-13(10-1-2-11-12(7-10)17-18-16-11)19-8-14(9-19)3-5-15-6-4-14;1-6-2-7(5-10)4-8(9)3-6;/h1-2,7H,3-6,8-9H2,(H,16,17,18);2-4,10H,5H2,1H3;/q-1;;. The zero-order valence-electron chi connectivity index (χ0n) is 17.5. The number of amides is 1. The van der Waals surface area contributed by atoms with Gasteiger partial charge in [-0.3, -0.25) is 4.79 Å². The van der Waals surface area contributed by atoms with E-state index in [1.165, 1.54) is 0 Å². The van der Waals surface area contributed by atoms with Crippen LogP contribution >= 0.6 is 11.6 Å². The summed E-state index contributed by atoms with van der Waals surface area (Å²) in [6.45, 7) is 5.66. The first-order valence-corrected chi connectivity index (χ1v) is 10.5. The summed E-state index contributed by atoms with van der Waals surface area (Å²) in [5.41, 5.74) is 4.51. The molecule has 2 N–H and O–H groups in total. The smallest absolute Gasteiger partial charge is 0.253 e. The fourth-order valence-electron chi connectivity index (χ4n) is 4.15. The topological polar surface area (TPSA) is 96.2 Å². The number of hydrogen-bond acceptors (Lipinski definition) is 4. The monoisotopic (exact) mass is 515 g/mol. The van der Waals surface area contributed by atoms with Gasteiger partial charge in [0.1, 0.15) is 11.0 Å². The van der Waals surface area contributed by atoms with Crippen LogP contribution in [0, 0.1) is 12.3 Å². The summed E-state index contributed by atoms with van der Waals surface area (Å²) in [4.78, 5) is 14.4. The SMILES string of the molecule is Cc1cc(Cl)cc(CO)c1.O=C(c1ccc2n[nH]nc2c1)N1CC2(CC[N-]CC2)C1.[Y]. The van der Waals surface area contributed by atoms with Gasteiger partial charge in [-0.25, -0.2) is 0 Å². The van der Waals surface area contributed by atoms with Gasteiger partial charge in [-0.1, -0.05) is 30.5 Å². The van der Waals surface area contributed by atoms with Gasteiger partial charge in [0.25, 0.3) is 5.91 Å². The second-order valence-corrected chi connectivity index (χ2v) is 8.59. The molecule has 0 atom stereocenters. The largest absolute Gasteiger partial charge is 0.662 e. The van der Waals surface area contributed by atoms with Crippen LogP contribution in [0.2, 0.25) is 5.02 Å². The Morgan fingerprint density at radius 2 is 1.87 bits per heavy atom. The summed E-state index contributed by atoms with van der Waals surface area (Å²) in [5, 5.41) is 24.4. The average molecular weight is 516 g/mol. The van der Waals surface area contributed by atoms with E-state index in [2.05, 4.69) is 20.7 Å². The third-order valence-corrected chi connectivity index (χ3v) is 6.01. The maximum absolute atomic E-state index is 12.5. The Hall–Kier alpha value is -1.38. The summed E-state index contributed by atoms with van der Waals surface area (Å²) in [6, 6.07) is 11.0. The molecule has 31 heavy (non-hydrogen) atoms. The van der Waals surface area contributed by atoms with Gasteiger partial charge >= 0.3 is 0 Å². The van der Waals surface area contributed by atoms with Gasteiger partial charge in [0.15, 0.2) is 0 Å². The molecule has 3 aromatic rings. The van der Waals surface area contributed by atoms with Gasteiger partial charge in [0.05, 0.1) is 6.61 Å². The number of aryl methyl sites for hydroxylation is 1. The Morgan fingerprint density at radius 3 is 2.55 bits per heavy atom. The molecule has 1 spiro atoms. The van der Waals surface area contributed by atoms with E-state index in [1.54, 1.807) is 6.07 Å². The Bertz CT molecular complexity index is 1020. The van der Waals surface area contributed by atoms with Crippen LogP contribution in [-0.4, -0.2) is 57.5 Å². The number of halogens is 1. The number of H-pyrrole nitrogens is 1. The van der Waals surface area contributed by atoms with Crippen molar-refractivity contribution in [2.45, 2.75) is 26.4 Å². The summed E-state index contributed by atoms with van der Waals surface area (Å²) in [7, 11) is 0. The molecule has 2 aliphatic heterocycles. The van der Waals surface area contributed by atoms with Crippen LogP contribution in [-0.2, 0) is 39.3 Å². The van der Waals surface area contributed by atoms with Crippen LogP contribution in [0.1, 0.15) is 34.3 Å². The molecule has 9 heteroatoms. The van der Waals surface area contributed by atoms with Crippen LogP contribution in [0.5, 0.6) is 0 Å². The molecule has 0 unspecified atom stereocenters. The van der Waals surface area contributed by atoms with E-state index in [4.69, 9.17) is 16.7 Å². The molecule has 0 bridgehead atoms. The number of rotatable bonds is 2. The number of aromatic nitrogens is 3. The van der Waals surface area contributed by atoms with Crippen molar-refractivity contribution in [2.24, 2.45) is 5.41 Å². The number of aliphatic hydroxyl groups excluding tert-OH is 1. The number of likely N-dealkylation sites (tertiary alicyclic amines) is 1. The molecule has 1 aromatic heterocycles. The molecule has 3 heterocycles. The van der Waals surface area contributed by atoms with E-state index in [9.17, 15) is 4.79 Å². The minimum atomic E-state index is 0. The Kier molecular flexibility index (Phi) is 8.22. The van der Waals surface area contributed by atoms with Crippen LogP contribution in [0.4, 0.5) is 0 Å². The Labute approximate surface area is 211 Å². The molecule has 1 amide bonds. The van der Waals surface area contributed by atoms with Crippen molar-refractivity contribution in [3.8, 4) is 0 Å². The predicted octanol–water partition coefficient (Wildman–Crippen LogP) is 3.71. The van der Waals surface area contributed by atoms with E-state index in [0.29, 0.717) is 16.0 Å². The summed E-state index contributed by atoms with van der Waals surface area (Å²) in [5.74, 6) is 0.100. The first kappa shape index (κ1) is 24.3. The quantitative estimate of drug-likeness (QED) is 0.544. The van der Waals surface area contributed by atoms with Gasteiger partial charge < -0.3 is 15.3 Å². The zero-order chi connectivity index (χ0) is 21.1. The van der Waals surface area contributed by atoms with Gasteiger partial charge in [-0.15, -0.1) is 13.1 Å². The van der Waals surface area contributed by atoms with E-state index < -0.39 is 0 Å². The van der Waals surface area contributed by atoms with E-state index in [0.717, 1.165) is 61.2 Å². The Balaban J connectivity index is 0.000000212. The third-order valence-electron chi connectivity index (χ3n) is 5.79. The molecule has 2 saturated heterocycles. The molecular weight excluding hydrogens is 491 g/mol. The van der Waals surface area contributed by atoms with Crippen LogP contribution in [0.25, 0.3) is 16.4 Å². The van der Waals surface area contributed by atoms with Gasteiger partial charge in [-0.05, 0) is 48.4 Å². The number of carbonyl (C=O) groups is 1. The molecule has 5 rings (SSSR count). The van der Waals surface area contributed by atoms with Crippen molar-refractivity contribution < 1.29 is 42.6 Å². The van der Waals surface area contributed by atoms with E-state index >= 15 is 0 Å². The molecule has 0 aliphatic carbocycles. The molecule has 2 fully saturated rings. The normalized spacial score (nSPS) is 16.8. The van der Waals surface area contributed by atoms with Crippen molar-refractivity contribution in [1.82, 2.24) is 20.3 Å². The van der Waals surface area contributed by atoms with Gasteiger partial charge in [0.2, 0.25) is 0 Å². The summed E-state index contributed by atoms with van der Waals surface area (Å²) < 4.78 is 0. The molecule has 2 aliphatic rings. The first-order chi connectivity index (χ1) is 14.5. The molecular formula is C22H25ClN5O2Y-. The minimum Gasteiger partial charge on any atom is -0.662 e. The van der Waals surface area contributed by atoms with Gasteiger partial charge in [-0.2, -0.15) is 15.4 Å². The second-order valence-electron chi connectivity index (χ2n) is 8.15. The number of aromatic amines is 1. The number of benzene rings is 2. The second kappa shape index (κ2) is 10.5. The predicted molar refractivity (Wildman–Crippen MR) is 117 cm³/mol. The van der Waals surface area contributed by atoms with Crippen molar-refractivity contribution in [3.63, 3.8) is 0 Å². The number of aliphatic hydroxyl groups is 1. The summed E-state index contributed by atoms with van der Waals surface area (Å²) >= 11 is 5.72. The van der Waals surface area contributed by atoms with Crippen molar-refractivity contribution in [3.05, 3.63) is 63.4 Å². The number of hydrogen-bond donors (Lipinski definition) is 2. The van der Waals surface area contributed by atoms with E-state index in [-0.39, 0.29) is 45.2 Å². The van der Waals surface area contributed by atoms with Crippen LogP contribution in [0.3, 0.4) is 0 Å². The number of fused-ring (bicyclic) bond motifs is 1. The zero-order valence-corrected chi connectivity index (χ0v) is 21.1. The number of nitrogens with one attached hydrogen (secondary N) is 1. The maximum atomic E-state index is 12.5. The molecule has 7 nitrogen and oxygen atoms in total. The van der Waals surface area contributed by atoms with E-state index in [1.807, 2.05) is 42.2 Å². The Morgan fingerprint density at radius 1 is 1.16 bits per heavy atom. The van der Waals surface area contributed by atoms with Crippen LogP contribution in [0.15, 0.2) is 36.4 Å².